The van der Waals surface area contributed by atoms with E-state index >= 15 is 0 Å². The van der Waals surface area contributed by atoms with Crippen LogP contribution in [0.25, 0.3) is 0 Å². The van der Waals surface area contributed by atoms with Crippen LogP contribution in [0.1, 0.15) is 11.3 Å². The van der Waals surface area contributed by atoms with Crippen LogP contribution in [0, 0.1) is 13.8 Å². The van der Waals surface area contributed by atoms with Crippen LogP contribution in [-0.2, 0) is 19.7 Å². The zero-order valence-electron chi connectivity index (χ0n) is 16.5. The molecule has 10 heteroatoms. The fraction of sp³-hybridized carbons (Fsp3) is 0.0952. The van der Waals surface area contributed by atoms with Gasteiger partial charge in [0.1, 0.15) is 5.82 Å². The number of halogens is 2. The van der Waals surface area contributed by atoms with Crippen molar-refractivity contribution < 1.29 is 16.8 Å². The normalized spacial score (nSPS) is 11.7. The molecule has 0 aliphatic heterocycles. The molecule has 1 heterocycles. The Bertz CT molecular complexity index is 1250. The molecule has 3 rings (SSSR count). The molecule has 0 radical (unpaired) electrons. The van der Waals surface area contributed by atoms with E-state index < -0.39 is 23.9 Å². The maximum absolute atomic E-state index is 13.3. The van der Waals surface area contributed by atoms with Crippen molar-refractivity contribution in [2.45, 2.75) is 23.6 Å². The Kier molecular flexibility index (Phi) is 6.76. The van der Waals surface area contributed by atoms with E-state index in [1.54, 1.807) is 13.0 Å². The highest BCUT2D eigenvalue weighted by Gasteiger charge is 2.33. The summed E-state index contributed by atoms with van der Waals surface area (Å²) in [6, 6.07) is 14.0. The summed E-state index contributed by atoms with van der Waals surface area (Å²) in [5.74, 6) is 0.313. The van der Waals surface area contributed by atoms with Crippen molar-refractivity contribution in [3.05, 3.63) is 92.4 Å². The minimum absolute atomic E-state index is 0.212. The average Bonchev–Trinajstić information content (AvgIpc) is 2.67. The van der Waals surface area contributed by atoms with Crippen LogP contribution in [0.15, 0.2) is 80.9 Å². The Labute approximate surface area is 191 Å². The van der Waals surface area contributed by atoms with Gasteiger partial charge in [-0.3, -0.25) is 0 Å². The number of hydrogen-bond acceptors (Lipinski definition) is 6. The molecule has 162 valence electrons. The van der Waals surface area contributed by atoms with Gasteiger partial charge in [-0.2, -0.15) is 0 Å². The summed E-state index contributed by atoms with van der Waals surface area (Å²) in [7, 11) is -8.87. The lowest BCUT2D eigenvalue weighted by Crippen LogP contribution is -2.17. The van der Waals surface area contributed by atoms with E-state index in [0.29, 0.717) is 21.6 Å². The highest BCUT2D eigenvalue weighted by Crippen LogP contribution is 2.30. The van der Waals surface area contributed by atoms with Gasteiger partial charge >= 0.3 is 0 Å². The van der Waals surface area contributed by atoms with Gasteiger partial charge in [0.25, 0.3) is 0 Å². The Morgan fingerprint density at radius 3 is 1.68 bits per heavy atom. The molecule has 1 aromatic heterocycles. The number of pyridine rings is 1. The number of hydrogen-bond donors (Lipinski definition) is 1. The van der Waals surface area contributed by atoms with Gasteiger partial charge in [-0.25, -0.2) is 21.8 Å². The van der Waals surface area contributed by atoms with Crippen LogP contribution in [0.4, 0.5) is 5.82 Å². The zero-order valence-corrected chi connectivity index (χ0v) is 19.6. The minimum Gasteiger partial charge on any atom is -0.345 e. The number of nitrogens with zero attached hydrogens (tertiary/aromatic N) is 1. The fourth-order valence-electron chi connectivity index (χ4n) is 2.81. The average molecular weight is 497 g/mol. The molecular formula is C21H18Cl2N2O4S2. The molecule has 0 fully saturated rings. The monoisotopic (exact) mass is 496 g/mol. The van der Waals surface area contributed by atoms with Gasteiger partial charge in [-0.15, -0.1) is 0 Å². The third kappa shape index (κ3) is 5.27. The number of aromatic nitrogens is 1. The van der Waals surface area contributed by atoms with Gasteiger partial charge in [0, 0.05) is 21.9 Å². The third-order valence-electron chi connectivity index (χ3n) is 4.21. The van der Waals surface area contributed by atoms with Crippen LogP contribution in [0.3, 0.4) is 0 Å². The Balaban J connectivity index is 2.17. The molecule has 0 saturated heterocycles. The predicted octanol–water partition coefficient (Wildman–Crippen LogP) is 5.16. The SMILES string of the molecule is Cc1cc(C)nc(NC=C(S(=O)(=O)c2ccc(Cl)cc2)S(=O)(=O)c2ccc(Cl)cc2)c1. The first-order chi connectivity index (χ1) is 14.5. The molecule has 0 aliphatic carbocycles. The van der Waals surface area contributed by atoms with Crippen molar-refractivity contribution in [2.24, 2.45) is 0 Å². The third-order valence-corrected chi connectivity index (χ3v) is 9.11. The van der Waals surface area contributed by atoms with Crippen molar-refractivity contribution in [1.82, 2.24) is 4.98 Å². The molecule has 3 aromatic rings. The molecule has 2 aromatic carbocycles. The number of aryl methyl sites for hydroxylation is 2. The van der Waals surface area contributed by atoms with Crippen molar-refractivity contribution in [2.75, 3.05) is 5.32 Å². The molecule has 0 aliphatic rings. The molecule has 0 atom stereocenters. The zero-order chi connectivity index (χ0) is 22.8. The summed E-state index contributed by atoms with van der Waals surface area (Å²) in [5, 5.41) is 3.36. The van der Waals surface area contributed by atoms with E-state index in [9.17, 15) is 16.8 Å². The predicted molar refractivity (Wildman–Crippen MR) is 123 cm³/mol. The van der Waals surface area contributed by atoms with E-state index in [-0.39, 0.29) is 9.79 Å². The molecule has 0 amide bonds. The van der Waals surface area contributed by atoms with E-state index in [4.69, 9.17) is 23.2 Å². The number of benzene rings is 2. The van der Waals surface area contributed by atoms with Crippen LogP contribution < -0.4 is 5.32 Å². The molecular weight excluding hydrogens is 479 g/mol. The number of rotatable bonds is 6. The fourth-order valence-corrected chi connectivity index (χ4v) is 6.67. The van der Waals surface area contributed by atoms with Gasteiger partial charge in [-0.05, 0) is 80.1 Å². The summed E-state index contributed by atoms with van der Waals surface area (Å²) in [6.45, 7) is 3.62. The number of anilines is 1. The Hall–Kier alpha value is -2.39. The van der Waals surface area contributed by atoms with E-state index in [0.717, 1.165) is 11.8 Å². The molecule has 1 N–H and O–H groups in total. The quantitative estimate of drug-likeness (QED) is 0.506. The Morgan fingerprint density at radius 2 is 1.26 bits per heavy atom. The van der Waals surface area contributed by atoms with Gasteiger partial charge in [-0.1, -0.05) is 23.2 Å². The summed E-state index contributed by atoms with van der Waals surface area (Å²) in [4.78, 5) is 3.83. The largest absolute Gasteiger partial charge is 0.345 e. The van der Waals surface area contributed by atoms with Gasteiger partial charge in [0.05, 0.1) is 9.79 Å². The smallest absolute Gasteiger partial charge is 0.219 e. The van der Waals surface area contributed by atoms with Crippen molar-refractivity contribution in [3.63, 3.8) is 0 Å². The maximum atomic E-state index is 13.3. The molecule has 0 saturated carbocycles. The maximum Gasteiger partial charge on any atom is 0.219 e. The molecule has 6 nitrogen and oxygen atoms in total. The first-order valence-corrected chi connectivity index (χ1v) is 12.7. The van der Waals surface area contributed by atoms with Gasteiger partial charge in [0.15, 0.2) is 4.24 Å². The summed E-state index contributed by atoms with van der Waals surface area (Å²) in [6.07, 6.45) is 0.940. The van der Waals surface area contributed by atoms with Gasteiger partial charge < -0.3 is 5.32 Å². The number of nitrogens with one attached hydrogen (secondary N) is 1. The lowest BCUT2D eigenvalue weighted by atomic mass is 10.2. The van der Waals surface area contributed by atoms with Crippen molar-refractivity contribution in [3.8, 4) is 0 Å². The minimum atomic E-state index is -4.43. The molecule has 0 unspecified atom stereocenters. The molecule has 31 heavy (non-hydrogen) atoms. The van der Waals surface area contributed by atoms with Crippen LogP contribution in [0.5, 0.6) is 0 Å². The second-order valence-corrected chi connectivity index (χ2v) is 11.7. The molecule has 0 spiro atoms. The molecule has 0 bridgehead atoms. The van der Waals surface area contributed by atoms with Crippen LogP contribution >= 0.6 is 23.2 Å². The Morgan fingerprint density at radius 1 is 0.806 bits per heavy atom. The summed E-state index contributed by atoms with van der Waals surface area (Å²) in [5.41, 5.74) is 1.57. The lowest BCUT2D eigenvalue weighted by molar-refractivity contribution is 0.595. The summed E-state index contributed by atoms with van der Waals surface area (Å²) >= 11 is 11.7. The standard InChI is InChI=1S/C21H18Cl2N2O4S2/c1-14-11-15(2)25-20(12-14)24-13-21(30(26,27)18-7-3-16(22)4-8-18)31(28,29)19-9-5-17(23)6-10-19/h3-13H,1-2H3,(H,24,25). The van der Waals surface area contributed by atoms with Crippen molar-refractivity contribution in [1.29, 1.82) is 0 Å². The topological polar surface area (TPSA) is 93.2 Å². The highest BCUT2D eigenvalue weighted by molar-refractivity contribution is 8.14. The second kappa shape index (κ2) is 9.00. The van der Waals surface area contributed by atoms with Crippen molar-refractivity contribution >= 4 is 48.7 Å². The highest BCUT2D eigenvalue weighted by atomic mass is 35.5. The van der Waals surface area contributed by atoms with Crippen LogP contribution in [-0.4, -0.2) is 21.8 Å². The van der Waals surface area contributed by atoms with Crippen LogP contribution in [0.2, 0.25) is 10.0 Å². The second-order valence-electron chi connectivity index (χ2n) is 6.69. The van der Waals surface area contributed by atoms with E-state index in [1.165, 1.54) is 48.5 Å². The van der Waals surface area contributed by atoms with E-state index in [2.05, 4.69) is 10.3 Å². The first-order valence-electron chi connectivity index (χ1n) is 8.93. The first kappa shape index (κ1) is 23.3. The summed E-state index contributed by atoms with van der Waals surface area (Å²) < 4.78 is 52.4. The van der Waals surface area contributed by atoms with E-state index in [1.807, 2.05) is 13.0 Å². The number of sulfone groups is 2. The lowest BCUT2D eigenvalue weighted by Gasteiger charge is -2.12. The van der Waals surface area contributed by atoms with Gasteiger partial charge in [0.2, 0.25) is 19.7 Å².